The second-order valence-electron chi connectivity index (χ2n) is 7.05. The molecule has 1 saturated heterocycles. The summed E-state index contributed by atoms with van der Waals surface area (Å²) in [7, 11) is 0. The summed E-state index contributed by atoms with van der Waals surface area (Å²) in [4.78, 5) is 34.8. The Morgan fingerprint density at radius 3 is 2.32 bits per heavy atom. The second-order valence-corrected chi connectivity index (χ2v) is 7.05. The number of pyridine rings is 1. The number of carbonyl (C=O) groups is 2. The van der Waals surface area contributed by atoms with Crippen molar-refractivity contribution in [2.75, 3.05) is 44.2 Å². The van der Waals surface area contributed by atoms with E-state index in [9.17, 15) is 9.59 Å². The zero-order chi connectivity index (χ0) is 19.8. The van der Waals surface area contributed by atoms with Gasteiger partial charge in [0.05, 0.1) is 0 Å². The van der Waals surface area contributed by atoms with E-state index in [2.05, 4.69) is 22.0 Å². The molecule has 0 N–H and O–H groups in total. The van der Waals surface area contributed by atoms with Gasteiger partial charge in [-0.05, 0) is 24.1 Å². The van der Waals surface area contributed by atoms with Crippen LogP contribution >= 0.6 is 0 Å². The molecule has 2 heterocycles. The molecule has 0 aliphatic carbocycles. The molecule has 3 rings (SSSR count). The van der Waals surface area contributed by atoms with Crippen molar-refractivity contribution in [3.63, 3.8) is 0 Å². The van der Waals surface area contributed by atoms with Crippen molar-refractivity contribution in [1.29, 1.82) is 0 Å². The van der Waals surface area contributed by atoms with Crippen LogP contribution in [0.1, 0.15) is 18.9 Å². The molecule has 0 atom stereocenters. The SMILES string of the molecule is CC(=O)N(CCC(=O)N1CCN(c2ccccn2)CC1)CCc1ccccc1. The smallest absolute Gasteiger partial charge is 0.224 e. The Labute approximate surface area is 166 Å². The minimum atomic E-state index is 0.0173. The number of hydrogen-bond donors (Lipinski definition) is 0. The molecule has 0 unspecified atom stereocenters. The van der Waals surface area contributed by atoms with Gasteiger partial charge in [0, 0.05) is 58.8 Å². The molecule has 6 heteroatoms. The standard InChI is InChI=1S/C22H28N4O2/c1-19(27)24(13-10-20-7-3-2-4-8-20)14-11-22(28)26-17-15-25(16-18-26)21-9-5-6-12-23-21/h2-9,12H,10-11,13-18H2,1H3. The van der Waals surface area contributed by atoms with Gasteiger partial charge in [0.15, 0.2) is 0 Å². The Balaban J connectivity index is 1.44. The number of amides is 2. The first kappa shape index (κ1) is 19.9. The second kappa shape index (κ2) is 9.88. The predicted molar refractivity (Wildman–Crippen MR) is 110 cm³/mol. The molecule has 0 radical (unpaired) electrons. The predicted octanol–water partition coefficient (Wildman–Crippen LogP) is 2.21. The number of piperazine rings is 1. The molecular formula is C22H28N4O2. The maximum atomic E-state index is 12.6. The fraction of sp³-hybridized carbons (Fsp3) is 0.409. The van der Waals surface area contributed by atoms with E-state index >= 15 is 0 Å². The lowest BCUT2D eigenvalue weighted by molar-refractivity contribution is -0.133. The number of aromatic nitrogens is 1. The Morgan fingerprint density at radius 1 is 0.964 bits per heavy atom. The fourth-order valence-corrected chi connectivity index (χ4v) is 3.45. The van der Waals surface area contributed by atoms with Crippen LogP contribution in [0.3, 0.4) is 0 Å². The number of nitrogens with zero attached hydrogens (tertiary/aromatic N) is 4. The topological polar surface area (TPSA) is 56.8 Å². The summed E-state index contributed by atoms with van der Waals surface area (Å²) in [5.41, 5.74) is 1.20. The maximum absolute atomic E-state index is 12.6. The number of anilines is 1. The van der Waals surface area contributed by atoms with Gasteiger partial charge in [-0.3, -0.25) is 9.59 Å². The molecule has 0 bridgehead atoms. The molecule has 6 nitrogen and oxygen atoms in total. The van der Waals surface area contributed by atoms with E-state index < -0.39 is 0 Å². The number of rotatable bonds is 7. The lowest BCUT2D eigenvalue weighted by Gasteiger charge is -2.35. The minimum Gasteiger partial charge on any atom is -0.353 e. The molecule has 1 aromatic heterocycles. The van der Waals surface area contributed by atoms with Gasteiger partial charge in [-0.15, -0.1) is 0 Å². The monoisotopic (exact) mass is 380 g/mol. The molecule has 2 aromatic rings. The molecule has 1 fully saturated rings. The van der Waals surface area contributed by atoms with Crippen molar-refractivity contribution < 1.29 is 9.59 Å². The van der Waals surface area contributed by atoms with E-state index in [1.165, 1.54) is 5.56 Å². The average molecular weight is 380 g/mol. The lowest BCUT2D eigenvalue weighted by atomic mass is 10.1. The molecule has 1 aliphatic rings. The van der Waals surface area contributed by atoms with Gasteiger partial charge in [-0.1, -0.05) is 36.4 Å². The Kier molecular flexibility index (Phi) is 7.00. The van der Waals surface area contributed by atoms with Gasteiger partial charge in [0.25, 0.3) is 0 Å². The number of hydrogen-bond acceptors (Lipinski definition) is 4. The lowest BCUT2D eigenvalue weighted by Crippen LogP contribution is -2.49. The molecule has 148 valence electrons. The summed E-state index contributed by atoms with van der Waals surface area (Å²) >= 11 is 0. The summed E-state index contributed by atoms with van der Waals surface area (Å²) in [6, 6.07) is 16.0. The Morgan fingerprint density at radius 2 is 1.68 bits per heavy atom. The third kappa shape index (κ3) is 5.55. The molecule has 0 spiro atoms. The molecule has 2 amide bonds. The zero-order valence-electron chi connectivity index (χ0n) is 16.5. The van der Waals surface area contributed by atoms with Crippen LogP contribution in [0.5, 0.6) is 0 Å². The van der Waals surface area contributed by atoms with Crippen LogP contribution in [-0.4, -0.2) is 65.9 Å². The highest BCUT2D eigenvalue weighted by molar-refractivity contribution is 5.78. The van der Waals surface area contributed by atoms with E-state index in [1.54, 1.807) is 18.0 Å². The van der Waals surface area contributed by atoms with Crippen molar-refractivity contribution in [2.24, 2.45) is 0 Å². The van der Waals surface area contributed by atoms with E-state index in [4.69, 9.17) is 0 Å². The minimum absolute atomic E-state index is 0.0173. The Bertz CT molecular complexity index is 759. The molecule has 0 saturated carbocycles. The van der Waals surface area contributed by atoms with E-state index in [1.807, 2.05) is 41.3 Å². The first-order valence-corrected chi connectivity index (χ1v) is 9.86. The highest BCUT2D eigenvalue weighted by Gasteiger charge is 2.22. The van der Waals surface area contributed by atoms with Crippen molar-refractivity contribution >= 4 is 17.6 Å². The third-order valence-electron chi connectivity index (χ3n) is 5.16. The average Bonchev–Trinajstić information content (AvgIpc) is 2.75. The van der Waals surface area contributed by atoms with Crippen molar-refractivity contribution in [3.8, 4) is 0 Å². The van der Waals surface area contributed by atoms with Crippen LogP contribution in [0.2, 0.25) is 0 Å². The summed E-state index contributed by atoms with van der Waals surface area (Å²) < 4.78 is 0. The van der Waals surface area contributed by atoms with Crippen molar-refractivity contribution in [2.45, 2.75) is 19.8 Å². The summed E-state index contributed by atoms with van der Waals surface area (Å²) in [5.74, 6) is 1.09. The van der Waals surface area contributed by atoms with E-state index in [0.717, 1.165) is 25.3 Å². The van der Waals surface area contributed by atoms with Gasteiger partial charge in [-0.25, -0.2) is 4.98 Å². The first-order valence-electron chi connectivity index (χ1n) is 9.86. The Hall–Kier alpha value is -2.89. The highest BCUT2D eigenvalue weighted by atomic mass is 16.2. The van der Waals surface area contributed by atoms with Crippen LogP contribution in [-0.2, 0) is 16.0 Å². The van der Waals surface area contributed by atoms with Crippen LogP contribution in [0, 0.1) is 0 Å². The normalized spacial score (nSPS) is 14.0. The molecule has 1 aromatic carbocycles. The molecule has 1 aliphatic heterocycles. The fourth-order valence-electron chi connectivity index (χ4n) is 3.45. The van der Waals surface area contributed by atoms with Crippen LogP contribution in [0.25, 0.3) is 0 Å². The van der Waals surface area contributed by atoms with E-state index in [0.29, 0.717) is 32.6 Å². The third-order valence-corrected chi connectivity index (χ3v) is 5.16. The van der Waals surface area contributed by atoms with Gasteiger partial charge in [-0.2, -0.15) is 0 Å². The van der Waals surface area contributed by atoms with Gasteiger partial charge in [0.1, 0.15) is 5.82 Å². The van der Waals surface area contributed by atoms with Crippen LogP contribution in [0.4, 0.5) is 5.82 Å². The number of carbonyl (C=O) groups excluding carboxylic acids is 2. The van der Waals surface area contributed by atoms with Crippen LogP contribution in [0.15, 0.2) is 54.7 Å². The maximum Gasteiger partial charge on any atom is 0.224 e. The van der Waals surface area contributed by atoms with Crippen LogP contribution < -0.4 is 4.90 Å². The van der Waals surface area contributed by atoms with E-state index in [-0.39, 0.29) is 11.8 Å². The largest absolute Gasteiger partial charge is 0.353 e. The van der Waals surface area contributed by atoms with Crippen molar-refractivity contribution in [3.05, 3.63) is 60.3 Å². The van der Waals surface area contributed by atoms with Gasteiger partial charge < -0.3 is 14.7 Å². The summed E-state index contributed by atoms with van der Waals surface area (Å²) in [6.07, 6.45) is 2.97. The van der Waals surface area contributed by atoms with Gasteiger partial charge >= 0.3 is 0 Å². The highest BCUT2D eigenvalue weighted by Crippen LogP contribution is 2.13. The summed E-state index contributed by atoms with van der Waals surface area (Å²) in [5, 5.41) is 0. The summed E-state index contributed by atoms with van der Waals surface area (Å²) in [6.45, 7) is 5.64. The quantitative estimate of drug-likeness (QED) is 0.739. The van der Waals surface area contributed by atoms with Crippen molar-refractivity contribution in [1.82, 2.24) is 14.8 Å². The number of benzene rings is 1. The first-order chi connectivity index (χ1) is 13.6. The zero-order valence-corrected chi connectivity index (χ0v) is 16.5. The molecule has 28 heavy (non-hydrogen) atoms. The molecular weight excluding hydrogens is 352 g/mol. The van der Waals surface area contributed by atoms with Gasteiger partial charge in [0.2, 0.25) is 11.8 Å².